The van der Waals surface area contributed by atoms with Crippen LogP contribution in [0.2, 0.25) is 0 Å². The molecule has 2 N–H and O–H groups in total. The van der Waals surface area contributed by atoms with Crippen LogP contribution in [0, 0.1) is 0 Å². The van der Waals surface area contributed by atoms with E-state index in [0.717, 1.165) is 6.42 Å². The van der Waals surface area contributed by atoms with E-state index in [0.29, 0.717) is 32.0 Å². The van der Waals surface area contributed by atoms with Gasteiger partial charge in [-0.1, -0.05) is 0 Å². The molecular formula is C13H19NO6. The third-order valence-corrected chi connectivity index (χ3v) is 2.72. The van der Waals surface area contributed by atoms with Crippen molar-refractivity contribution in [1.29, 1.82) is 0 Å². The van der Waals surface area contributed by atoms with Crippen molar-refractivity contribution in [2.75, 3.05) is 26.8 Å². The van der Waals surface area contributed by atoms with Crippen molar-refractivity contribution in [1.82, 2.24) is 4.90 Å². The van der Waals surface area contributed by atoms with Crippen LogP contribution in [0.25, 0.3) is 0 Å². The number of rotatable bonds is 10. The van der Waals surface area contributed by atoms with Gasteiger partial charge in [-0.15, -0.1) is 0 Å². The van der Waals surface area contributed by atoms with Gasteiger partial charge in [0.2, 0.25) is 5.76 Å². The Bertz CT molecular complexity index is 442. The molecule has 0 aromatic carbocycles. The predicted octanol–water partition coefficient (Wildman–Crippen LogP) is 1.29. The zero-order chi connectivity index (χ0) is 15.0. The number of aliphatic carboxylic acids is 1. The van der Waals surface area contributed by atoms with Gasteiger partial charge >= 0.3 is 11.9 Å². The molecule has 0 atom stereocenters. The second-order valence-electron chi connectivity index (χ2n) is 4.34. The summed E-state index contributed by atoms with van der Waals surface area (Å²) in [4.78, 5) is 23.3. The second kappa shape index (κ2) is 8.34. The lowest BCUT2D eigenvalue weighted by Crippen LogP contribution is -2.27. The van der Waals surface area contributed by atoms with Crippen LogP contribution in [-0.2, 0) is 16.1 Å². The third kappa shape index (κ3) is 5.85. The molecule has 7 nitrogen and oxygen atoms in total. The van der Waals surface area contributed by atoms with E-state index < -0.39 is 11.9 Å². The summed E-state index contributed by atoms with van der Waals surface area (Å²) in [5, 5.41) is 17.5. The predicted molar refractivity (Wildman–Crippen MR) is 69.7 cm³/mol. The first-order valence-electron chi connectivity index (χ1n) is 6.28. The highest BCUT2D eigenvalue weighted by molar-refractivity contribution is 5.84. The maximum absolute atomic E-state index is 10.7. The van der Waals surface area contributed by atoms with E-state index in [4.69, 9.17) is 19.4 Å². The molecule has 0 saturated carbocycles. The summed E-state index contributed by atoms with van der Waals surface area (Å²) in [7, 11) is 1.60. The van der Waals surface area contributed by atoms with Gasteiger partial charge in [0.1, 0.15) is 5.76 Å². The van der Waals surface area contributed by atoms with Gasteiger partial charge in [0, 0.05) is 26.8 Å². The lowest BCUT2D eigenvalue weighted by Gasteiger charge is -2.20. The van der Waals surface area contributed by atoms with E-state index in [9.17, 15) is 9.59 Å². The van der Waals surface area contributed by atoms with Gasteiger partial charge in [-0.3, -0.25) is 9.69 Å². The number of nitrogens with zero attached hydrogens (tertiary/aromatic N) is 1. The Labute approximate surface area is 116 Å². The van der Waals surface area contributed by atoms with Gasteiger partial charge in [0.25, 0.3) is 0 Å². The Morgan fingerprint density at radius 2 is 2.05 bits per heavy atom. The minimum absolute atomic E-state index is 0.0273. The molecule has 0 aliphatic heterocycles. The molecule has 0 spiro atoms. The molecular weight excluding hydrogens is 266 g/mol. The Balaban J connectivity index is 2.56. The average Bonchev–Trinajstić information content (AvgIpc) is 2.84. The molecule has 1 aromatic heterocycles. The molecule has 1 heterocycles. The van der Waals surface area contributed by atoms with E-state index in [-0.39, 0.29) is 12.2 Å². The first-order chi connectivity index (χ1) is 9.52. The minimum atomic E-state index is -1.12. The highest BCUT2D eigenvalue weighted by atomic mass is 16.5. The van der Waals surface area contributed by atoms with Crippen LogP contribution in [0.15, 0.2) is 16.5 Å². The smallest absolute Gasteiger partial charge is 0.371 e. The first-order valence-corrected chi connectivity index (χ1v) is 6.28. The van der Waals surface area contributed by atoms with Gasteiger partial charge in [-0.25, -0.2) is 4.79 Å². The number of aromatic carboxylic acids is 1. The summed E-state index contributed by atoms with van der Waals surface area (Å²) in [5.41, 5.74) is 0. The molecule has 0 radical (unpaired) electrons. The topological polar surface area (TPSA) is 100 Å². The van der Waals surface area contributed by atoms with E-state index >= 15 is 0 Å². The molecule has 0 aliphatic carbocycles. The molecule has 0 bridgehead atoms. The van der Waals surface area contributed by atoms with Gasteiger partial charge in [-0.05, 0) is 18.6 Å². The third-order valence-electron chi connectivity index (χ3n) is 2.72. The van der Waals surface area contributed by atoms with Crippen molar-refractivity contribution in [2.45, 2.75) is 19.4 Å². The lowest BCUT2D eigenvalue weighted by molar-refractivity contribution is -0.137. The summed E-state index contributed by atoms with van der Waals surface area (Å²) in [5.74, 6) is -1.60. The molecule has 1 aromatic rings. The number of hydrogen-bond acceptors (Lipinski definition) is 5. The number of hydrogen-bond donors (Lipinski definition) is 2. The molecule has 0 unspecified atom stereocenters. The van der Waals surface area contributed by atoms with Crippen molar-refractivity contribution in [3.63, 3.8) is 0 Å². The van der Waals surface area contributed by atoms with Gasteiger partial charge in [0.05, 0.1) is 13.0 Å². The molecule has 0 aliphatic rings. The molecule has 1 rings (SSSR count). The van der Waals surface area contributed by atoms with Crippen molar-refractivity contribution in [3.8, 4) is 0 Å². The van der Waals surface area contributed by atoms with Crippen LogP contribution >= 0.6 is 0 Å². The maximum atomic E-state index is 10.7. The molecule has 0 saturated heterocycles. The van der Waals surface area contributed by atoms with Crippen LogP contribution in [0.5, 0.6) is 0 Å². The summed E-state index contributed by atoms with van der Waals surface area (Å²) in [6.07, 6.45) is 0.794. The molecule has 7 heteroatoms. The van der Waals surface area contributed by atoms with Crippen molar-refractivity contribution in [2.24, 2.45) is 0 Å². The zero-order valence-electron chi connectivity index (χ0n) is 11.4. The Morgan fingerprint density at radius 3 is 2.60 bits per heavy atom. The zero-order valence-corrected chi connectivity index (χ0v) is 11.4. The Hall–Kier alpha value is -1.86. The summed E-state index contributed by atoms with van der Waals surface area (Å²) < 4.78 is 10.1. The Kier molecular flexibility index (Phi) is 6.75. The highest BCUT2D eigenvalue weighted by Gasteiger charge is 2.13. The van der Waals surface area contributed by atoms with Crippen molar-refractivity contribution >= 4 is 11.9 Å². The SMILES string of the molecule is COCCCN(CCC(=O)O)Cc1ccc(C(=O)O)o1. The van der Waals surface area contributed by atoms with Gasteiger partial charge in [0.15, 0.2) is 0 Å². The van der Waals surface area contributed by atoms with Crippen LogP contribution in [0.1, 0.15) is 29.2 Å². The van der Waals surface area contributed by atoms with Crippen LogP contribution in [-0.4, -0.2) is 53.9 Å². The molecule has 20 heavy (non-hydrogen) atoms. The molecule has 0 fully saturated rings. The van der Waals surface area contributed by atoms with Gasteiger partial charge in [-0.2, -0.15) is 0 Å². The Morgan fingerprint density at radius 1 is 1.30 bits per heavy atom. The van der Waals surface area contributed by atoms with E-state index in [1.165, 1.54) is 6.07 Å². The van der Waals surface area contributed by atoms with Crippen LogP contribution in [0.3, 0.4) is 0 Å². The maximum Gasteiger partial charge on any atom is 0.371 e. The average molecular weight is 285 g/mol. The molecule has 112 valence electrons. The fourth-order valence-electron chi connectivity index (χ4n) is 1.75. The fraction of sp³-hybridized carbons (Fsp3) is 0.538. The normalized spacial score (nSPS) is 10.9. The number of furan rings is 1. The monoisotopic (exact) mass is 285 g/mol. The fourth-order valence-corrected chi connectivity index (χ4v) is 1.75. The second-order valence-corrected chi connectivity index (χ2v) is 4.34. The van der Waals surface area contributed by atoms with E-state index in [2.05, 4.69) is 0 Å². The number of ether oxygens (including phenoxy) is 1. The van der Waals surface area contributed by atoms with Crippen molar-refractivity contribution < 1.29 is 29.0 Å². The van der Waals surface area contributed by atoms with Crippen molar-refractivity contribution in [3.05, 3.63) is 23.7 Å². The number of carboxylic acids is 2. The van der Waals surface area contributed by atoms with Crippen LogP contribution < -0.4 is 0 Å². The minimum Gasteiger partial charge on any atom is -0.481 e. The number of methoxy groups -OCH3 is 1. The highest BCUT2D eigenvalue weighted by Crippen LogP contribution is 2.11. The van der Waals surface area contributed by atoms with E-state index in [1.54, 1.807) is 13.2 Å². The van der Waals surface area contributed by atoms with Gasteiger partial charge < -0.3 is 19.4 Å². The molecule has 0 amide bonds. The quantitative estimate of drug-likeness (QED) is 0.625. The lowest BCUT2D eigenvalue weighted by atomic mass is 10.3. The summed E-state index contributed by atoms with van der Waals surface area (Å²) in [6, 6.07) is 2.98. The largest absolute Gasteiger partial charge is 0.481 e. The number of carboxylic acid groups (broad SMARTS) is 2. The first kappa shape index (κ1) is 16.2. The summed E-state index contributed by atoms with van der Waals surface area (Å²) >= 11 is 0. The summed E-state index contributed by atoms with van der Waals surface area (Å²) in [6.45, 7) is 2.00. The van der Waals surface area contributed by atoms with Crippen LogP contribution in [0.4, 0.5) is 0 Å². The van der Waals surface area contributed by atoms with E-state index in [1.807, 2.05) is 4.90 Å². The standard InChI is InChI=1S/C13H19NO6/c1-19-8-2-6-14(7-5-12(15)16)9-10-3-4-11(20-10)13(17)18/h3-4H,2,5-9H2,1H3,(H,15,16)(H,17,18). The number of carbonyl (C=O) groups is 2.